The molecule has 8 heteroatoms. The van der Waals surface area contributed by atoms with Crippen molar-refractivity contribution in [2.45, 2.75) is 43.7 Å². The molecule has 0 bridgehead atoms. The maximum absolute atomic E-state index is 12.6. The molecular weight excluding hydrogens is 436 g/mol. The summed E-state index contributed by atoms with van der Waals surface area (Å²) in [6.45, 7) is 2.56. The Balaban J connectivity index is 1.27. The minimum Gasteiger partial charge on any atom is -0.479 e. The van der Waals surface area contributed by atoms with Crippen molar-refractivity contribution in [3.63, 3.8) is 0 Å². The highest BCUT2D eigenvalue weighted by Crippen LogP contribution is 2.44. The molecule has 2 N–H and O–H groups in total. The van der Waals surface area contributed by atoms with Crippen molar-refractivity contribution in [1.82, 2.24) is 10.2 Å². The lowest BCUT2D eigenvalue weighted by Crippen LogP contribution is -2.52. The molecule has 2 amide bonds. The van der Waals surface area contributed by atoms with E-state index in [0.717, 1.165) is 22.3 Å². The van der Waals surface area contributed by atoms with Crippen molar-refractivity contribution in [2.75, 3.05) is 26.8 Å². The molecule has 180 valence electrons. The number of alkyl carbamates (subject to hydrolysis) is 1. The third-order valence-electron chi connectivity index (χ3n) is 6.89. The molecule has 0 radical (unpaired) electrons. The van der Waals surface area contributed by atoms with Gasteiger partial charge in [0.15, 0.2) is 5.60 Å². The number of nitrogens with zero attached hydrogens (tertiary/aromatic N) is 1. The van der Waals surface area contributed by atoms with Gasteiger partial charge in [0.1, 0.15) is 6.61 Å². The van der Waals surface area contributed by atoms with Crippen LogP contribution >= 0.6 is 0 Å². The SMILES string of the molecule is COC1(C(=O)O)CCN(C(=O)CC(C)NC(=O)OCC2c3ccccc3-c3ccccc32)CC1. The number of carboxylic acid groups (broad SMARTS) is 1. The van der Waals surface area contributed by atoms with Gasteiger partial charge in [0.25, 0.3) is 0 Å². The molecule has 1 heterocycles. The van der Waals surface area contributed by atoms with E-state index in [1.807, 2.05) is 24.3 Å². The van der Waals surface area contributed by atoms with E-state index in [4.69, 9.17) is 9.47 Å². The van der Waals surface area contributed by atoms with Crippen LogP contribution in [0.1, 0.15) is 43.2 Å². The number of nitrogens with one attached hydrogen (secondary N) is 1. The quantitative estimate of drug-likeness (QED) is 0.648. The van der Waals surface area contributed by atoms with Crippen LogP contribution in [-0.2, 0) is 19.1 Å². The minimum absolute atomic E-state index is 0.0290. The van der Waals surface area contributed by atoms with Crippen molar-refractivity contribution in [2.24, 2.45) is 0 Å². The van der Waals surface area contributed by atoms with Crippen LogP contribution in [0.5, 0.6) is 0 Å². The van der Waals surface area contributed by atoms with Gasteiger partial charge in [-0.1, -0.05) is 48.5 Å². The molecule has 2 aromatic rings. The molecule has 1 atom stereocenters. The topological polar surface area (TPSA) is 105 Å². The van der Waals surface area contributed by atoms with E-state index < -0.39 is 23.7 Å². The Morgan fingerprint density at radius 2 is 1.62 bits per heavy atom. The Labute approximate surface area is 198 Å². The van der Waals surface area contributed by atoms with Gasteiger partial charge in [0.2, 0.25) is 5.91 Å². The maximum atomic E-state index is 12.6. The van der Waals surface area contributed by atoms with E-state index in [-0.39, 0.29) is 37.7 Å². The maximum Gasteiger partial charge on any atom is 0.407 e. The van der Waals surface area contributed by atoms with Crippen molar-refractivity contribution in [3.8, 4) is 11.1 Å². The van der Waals surface area contributed by atoms with E-state index in [9.17, 15) is 19.5 Å². The monoisotopic (exact) mass is 466 g/mol. The Kier molecular flexibility index (Phi) is 6.88. The number of aliphatic carboxylic acids is 1. The lowest BCUT2D eigenvalue weighted by Gasteiger charge is -2.38. The van der Waals surface area contributed by atoms with E-state index in [1.54, 1.807) is 11.8 Å². The third-order valence-corrected chi connectivity index (χ3v) is 6.89. The summed E-state index contributed by atoms with van der Waals surface area (Å²) in [4.78, 5) is 38.2. The number of carboxylic acids is 1. The number of piperidine rings is 1. The molecule has 1 fully saturated rings. The average Bonchev–Trinajstić information content (AvgIpc) is 3.16. The first-order valence-electron chi connectivity index (χ1n) is 11.5. The fraction of sp³-hybridized carbons (Fsp3) is 0.423. The highest BCUT2D eigenvalue weighted by molar-refractivity contribution is 5.81. The molecule has 1 unspecified atom stereocenters. The first kappa shape index (κ1) is 23.8. The van der Waals surface area contributed by atoms with Gasteiger partial charge in [-0.2, -0.15) is 0 Å². The molecule has 1 saturated heterocycles. The number of carbonyl (C=O) groups excluding carboxylic acids is 2. The molecule has 2 aromatic carbocycles. The van der Waals surface area contributed by atoms with E-state index in [1.165, 1.54) is 7.11 Å². The van der Waals surface area contributed by atoms with Gasteiger partial charge in [0.05, 0.1) is 0 Å². The molecule has 2 aliphatic rings. The number of benzene rings is 2. The van der Waals surface area contributed by atoms with Crippen LogP contribution in [-0.4, -0.2) is 66.4 Å². The molecule has 8 nitrogen and oxygen atoms in total. The number of likely N-dealkylation sites (tertiary alicyclic amines) is 1. The van der Waals surface area contributed by atoms with Gasteiger partial charge in [-0.25, -0.2) is 9.59 Å². The summed E-state index contributed by atoms with van der Waals surface area (Å²) in [6, 6.07) is 15.8. The Bertz CT molecular complexity index is 1030. The second-order valence-corrected chi connectivity index (χ2v) is 8.96. The number of carbonyl (C=O) groups is 3. The zero-order chi connectivity index (χ0) is 24.3. The fourth-order valence-corrected chi connectivity index (χ4v) is 4.91. The summed E-state index contributed by atoms with van der Waals surface area (Å²) < 4.78 is 10.8. The van der Waals surface area contributed by atoms with Crippen LogP contribution in [0, 0.1) is 0 Å². The second kappa shape index (κ2) is 9.85. The second-order valence-electron chi connectivity index (χ2n) is 8.96. The average molecular weight is 467 g/mol. The smallest absolute Gasteiger partial charge is 0.407 e. The van der Waals surface area contributed by atoms with Gasteiger partial charge >= 0.3 is 12.1 Å². The number of hydrogen-bond acceptors (Lipinski definition) is 5. The third kappa shape index (κ3) is 4.63. The summed E-state index contributed by atoms with van der Waals surface area (Å²) in [7, 11) is 1.38. The summed E-state index contributed by atoms with van der Waals surface area (Å²) in [5.74, 6) is -1.17. The fourth-order valence-electron chi connectivity index (χ4n) is 4.91. The Hall–Kier alpha value is -3.39. The molecule has 0 aromatic heterocycles. The van der Waals surface area contributed by atoms with Gasteiger partial charge in [-0.15, -0.1) is 0 Å². The zero-order valence-electron chi connectivity index (χ0n) is 19.5. The van der Waals surface area contributed by atoms with Crippen LogP contribution in [0.15, 0.2) is 48.5 Å². The minimum atomic E-state index is -1.23. The summed E-state index contributed by atoms with van der Waals surface area (Å²) >= 11 is 0. The number of methoxy groups -OCH3 is 1. The van der Waals surface area contributed by atoms with Gasteiger partial charge < -0.3 is 24.8 Å². The zero-order valence-corrected chi connectivity index (χ0v) is 19.5. The highest BCUT2D eigenvalue weighted by Gasteiger charge is 2.42. The molecule has 0 saturated carbocycles. The van der Waals surface area contributed by atoms with Gasteiger partial charge in [-0.05, 0) is 29.2 Å². The Morgan fingerprint density at radius 3 is 2.15 bits per heavy atom. The number of hydrogen-bond donors (Lipinski definition) is 2. The van der Waals surface area contributed by atoms with Crippen LogP contribution in [0.25, 0.3) is 11.1 Å². The Morgan fingerprint density at radius 1 is 1.06 bits per heavy atom. The number of ether oxygens (including phenoxy) is 2. The van der Waals surface area contributed by atoms with E-state index in [2.05, 4.69) is 29.6 Å². The molecule has 1 aliphatic carbocycles. The highest BCUT2D eigenvalue weighted by atomic mass is 16.5. The largest absolute Gasteiger partial charge is 0.479 e. The summed E-state index contributed by atoms with van der Waals surface area (Å²) in [5, 5.41) is 12.1. The van der Waals surface area contributed by atoms with Crippen LogP contribution in [0.3, 0.4) is 0 Å². The molecule has 34 heavy (non-hydrogen) atoms. The number of fused-ring (bicyclic) bond motifs is 3. The number of rotatable bonds is 7. The predicted molar refractivity (Wildman–Crippen MR) is 125 cm³/mol. The number of amides is 2. The van der Waals surface area contributed by atoms with E-state index >= 15 is 0 Å². The van der Waals surface area contributed by atoms with Gasteiger partial charge in [0, 0.05) is 51.4 Å². The van der Waals surface area contributed by atoms with Crippen LogP contribution in [0.4, 0.5) is 4.79 Å². The van der Waals surface area contributed by atoms with Crippen LogP contribution < -0.4 is 5.32 Å². The van der Waals surface area contributed by atoms with Gasteiger partial charge in [-0.3, -0.25) is 4.79 Å². The van der Waals surface area contributed by atoms with Crippen molar-refractivity contribution < 1.29 is 29.0 Å². The van der Waals surface area contributed by atoms with Crippen LogP contribution in [0.2, 0.25) is 0 Å². The molecule has 0 spiro atoms. The predicted octanol–water partition coefficient (Wildman–Crippen LogP) is 3.40. The summed E-state index contributed by atoms with van der Waals surface area (Å²) in [5.41, 5.74) is 3.36. The standard InChI is InChI=1S/C26H30N2O6/c1-17(15-23(29)28-13-11-26(33-2,12-14-28)24(30)31)27-25(32)34-16-22-20-9-5-3-7-18(20)19-8-4-6-10-21(19)22/h3-10,17,22H,11-16H2,1-2H3,(H,27,32)(H,30,31). The van der Waals surface area contributed by atoms with Crippen molar-refractivity contribution >= 4 is 18.0 Å². The first-order chi connectivity index (χ1) is 16.3. The van der Waals surface area contributed by atoms with E-state index in [0.29, 0.717) is 13.1 Å². The van der Waals surface area contributed by atoms with Crippen molar-refractivity contribution in [1.29, 1.82) is 0 Å². The molecule has 4 rings (SSSR count). The molecule has 1 aliphatic heterocycles. The molecular formula is C26H30N2O6. The first-order valence-corrected chi connectivity index (χ1v) is 11.5. The lowest BCUT2D eigenvalue weighted by atomic mass is 9.91. The summed E-state index contributed by atoms with van der Waals surface area (Å²) in [6.07, 6.45) is 0.0134. The normalized spacial score (nSPS) is 17.4. The van der Waals surface area contributed by atoms with Crippen molar-refractivity contribution in [3.05, 3.63) is 59.7 Å². The lowest BCUT2D eigenvalue weighted by molar-refractivity contribution is -0.170.